The van der Waals surface area contributed by atoms with E-state index in [9.17, 15) is 18.4 Å². The summed E-state index contributed by atoms with van der Waals surface area (Å²) in [5, 5.41) is 11.6. The van der Waals surface area contributed by atoms with Gasteiger partial charge in [-0.15, -0.1) is 0 Å². The van der Waals surface area contributed by atoms with E-state index in [-0.39, 0.29) is 17.4 Å². The molecule has 9 heteroatoms. The lowest BCUT2D eigenvalue weighted by atomic mass is 10.0. The van der Waals surface area contributed by atoms with Crippen LogP contribution in [0.1, 0.15) is 47.5 Å². The number of anilines is 1. The number of nitrogens with one attached hydrogen (secondary N) is 3. The van der Waals surface area contributed by atoms with Crippen LogP contribution in [0.3, 0.4) is 0 Å². The molecule has 3 rings (SSSR count). The summed E-state index contributed by atoms with van der Waals surface area (Å²) in [5.74, 6) is -3.40. The maximum atomic E-state index is 13.8. The van der Waals surface area contributed by atoms with Crippen LogP contribution >= 0.6 is 0 Å². The third kappa shape index (κ3) is 4.36. The molecule has 1 aliphatic rings. The van der Waals surface area contributed by atoms with E-state index in [1.165, 1.54) is 12.3 Å². The van der Waals surface area contributed by atoms with Gasteiger partial charge in [-0.3, -0.25) is 14.7 Å². The molecule has 3 N–H and O–H groups in total. The smallest absolute Gasteiger partial charge is 0.274 e. The number of aromatic nitrogens is 2. The number of amides is 2. The van der Waals surface area contributed by atoms with E-state index in [0.29, 0.717) is 6.04 Å². The van der Waals surface area contributed by atoms with Crippen molar-refractivity contribution in [2.75, 3.05) is 18.4 Å². The van der Waals surface area contributed by atoms with Crippen LogP contribution in [0.5, 0.6) is 0 Å². The van der Waals surface area contributed by atoms with Gasteiger partial charge < -0.3 is 15.5 Å². The van der Waals surface area contributed by atoms with Crippen molar-refractivity contribution >= 4 is 17.5 Å². The molecule has 2 heterocycles. The molecule has 0 spiro atoms. The predicted molar refractivity (Wildman–Crippen MR) is 100 cm³/mol. The molecule has 0 bridgehead atoms. The Balaban J connectivity index is 1.65. The fourth-order valence-electron chi connectivity index (χ4n) is 3.27. The lowest BCUT2D eigenvalue weighted by Gasteiger charge is -2.34. The standard InChI is InChI=1S/C19H23F2N5O2/c1-11(2)26-8-6-12(7-9-26)23-19(28)17-15(10-22-25-17)24-18(27)16-13(20)4-3-5-14(16)21/h3-5,10-12H,6-9H2,1-2H3,(H,22,25)(H,23,28)(H,24,27). The van der Waals surface area contributed by atoms with Gasteiger partial charge in [0.05, 0.1) is 5.69 Å². The molecular formula is C19H23F2N5O2. The third-order valence-electron chi connectivity index (χ3n) is 4.89. The second-order valence-electron chi connectivity index (χ2n) is 7.08. The minimum absolute atomic E-state index is 0.00626. The van der Waals surface area contributed by atoms with E-state index in [1.807, 2.05) is 0 Å². The number of rotatable bonds is 5. The monoisotopic (exact) mass is 391 g/mol. The number of halogens is 2. The van der Waals surface area contributed by atoms with Gasteiger partial charge in [-0.05, 0) is 38.8 Å². The summed E-state index contributed by atoms with van der Waals surface area (Å²) in [6.07, 6.45) is 2.93. The molecular weight excluding hydrogens is 368 g/mol. The molecule has 2 amide bonds. The molecule has 0 aliphatic carbocycles. The van der Waals surface area contributed by atoms with Crippen LogP contribution in [0.2, 0.25) is 0 Å². The van der Waals surface area contributed by atoms with Crippen molar-refractivity contribution in [1.82, 2.24) is 20.4 Å². The summed E-state index contributed by atoms with van der Waals surface area (Å²) in [4.78, 5) is 27.1. The average Bonchev–Trinajstić information content (AvgIpc) is 3.10. The molecule has 1 aliphatic heterocycles. The maximum Gasteiger partial charge on any atom is 0.274 e. The van der Waals surface area contributed by atoms with Crippen molar-refractivity contribution in [2.24, 2.45) is 0 Å². The molecule has 0 atom stereocenters. The van der Waals surface area contributed by atoms with Gasteiger partial charge in [0.1, 0.15) is 17.2 Å². The molecule has 0 unspecified atom stereocenters. The first-order valence-electron chi connectivity index (χ1n) is 9.21. The largest absolute Gasteiger partial charge is 0.348 e. The molecule has 28 heavy (non-hydrogen) atoms. The Morgan fingerprint density at radius 3 is 2.43 bits per heavy atom. The highest BCUT2D eigenvalue weighted by Crippen LogP contribution is 2.18. The summed E-state index contributed by atoms with van der Waals surface area (Å²) in [6, 6.07) is 3.62. The number of nitrogens with zero attached hydrogens (tertiary/aromatic N) is 2. The zero-order chi connectivity index (χ0) is 20.3. The quantitative estimate of drug-likeness (QED) is 0.731. The van der Waals surface area contributed by atoms with E-state index in [2.05, 4.69) is 39.6 Å². The number of carbonyl (C=O) groups excluding carboxylic acids is 2. The zero-order valence-electron chi connectivity index (χ0n) is 15.8. The summed E-state index contributed by atoms with van der Waals surface area (Å²) in [6.45, 7) is 6.05. The molecule has 0 saturated carbocycles. The van der Waals surface area contributed by atoms with Crippen LogP contribution in [0, 0.1) is 11.6 Å². The van der Waals surface area contributed by atoms with E-state index in [1.54, 1.807) is 0 Å². The number of piperidine rings is 1. The van der Waals surface area contributed by atoms with Crippen molar-refractivity contribution in [3.63, 3.8) is 0 Å². The first-order valence-corrected chi connectivity index (χ1v) is 9.21. The fourth-order valence-corrected chi connectivity index (χ4v) is 3.27. The van der Waals surface area contributed by atoms with Crippen LogP contribution in [-0.4, -0.2) is 52.1 Å². The van der Waals surface area contributed by atoms with Crippen LogP contribution in [-0.2, 0) is 0 Å². The Morgan fingerprint density at radius 2 is 1.82 bits per heavy atom. The molecule has 1 fully saturated rings. The summed E-state index contributed by atoms with van der Waals surface area (Å²) < 4.78 is 27.6. The van der Waals surface area contributed by atoms with E-state index in [0.717, 1.165) is 38.1 Å². The second kappa shape index (κ2) is 8.47. The summed E-state index contributed by atoms with van der Waals surface area (Å²) in [7, 11) is 0. The van der Waals surface area contributed by atoms with Crippen molar-refractivity contribution in [3.05, 3.63) is 47.3 Å². The number of hydrogen-bond acceptors (Lipinski definition) is 4. The minimum Gasteiger partial charge on any atom is -0.348 e. The van der Waals surface area contributed by atoms with Crippen LogP contribution < -0.4 is 10.6 Å². The van der Waals surface area contributed by atoms with E-state index in [4.69, 9.17) is 0 Å². The van der Waals surface area contributed by atoms with Gasteiger partial charge in [0.25, 0.3) is 11.8 Å². The molecule has 2 aromatic rings. The van der Waals surface area contributed by atoms with E-state index >= 15 is 0 Å². The highest BCUT2D eigenvalue weighted by atomic mass is 19.1. The first-order chi connectivity index (χ1) is 13.4. The Morgan fingerprint density at radius 1 is 1.18 bits per heavy atom. The van der Waals surface area contributed by atoms with Gasteiger partial charge in [-0.2, -0.15) is 5.10 Å². The third-order valence-corrected chi connectivity index (χ3v) is 4.89. The lowest BCUT2D eigenvalue weighted by Crippen LogP contribution is -2.46. The topological polar surface area (TPSA) is 90.1 Å². The number of likely N-dealkylation sites (tertiary alicyclic amines) is 1. The normalized spacial score (nSPS) is 15.6. The van der Waals surface area contributed by atoms with Crippen molar-refractivity contribution in [2.45, 2.75) is 38.8 Å². The van der Waals surface area contributed by atoms with Crippen LogP contribution in [0.15, 0.2) is 24.4 Å². The highest BCUT2D eigenvalue weighted by molar-refractivity contribution is 6.08. The maximum absolute atomic E-state index is 13.8. The zero-order valence-corrected chi connectivity index (χ0v) is 15.8. The van der Waals surface area contributed by atoms with Crippen LogP contribution in [0.25, 0.3) is 0 Å². The number of hydrogen-bond donors (Lipinski definition) is 3. The van der Waals surface area contributed by atoms with Crippen molar-refractivity contribution < 1.29 is 18.4 Å². The van der Waals surface area contributed by atoms with Crippen molar-refractivity contribution in [1.29, 1.82) is 0 Å². The summed E-state index contributed by atoms with van der Waals surface area (Å²) in [5.41, 5.74) is -0.683. The molecule has 150 valence electrons. The van der Waals surface area contributed by atoms with Gasteiger partial charge >= 0.3 is 0 Å². The average molecular weight is 391 g/mol. The number of benzene rings is 1. The fraction of sp³-hybridized carbons (Fsp3) is 0.421. The molecule has 1 saturated heterocycles. The Kier molecular flexibility index (Phi) is 6.03. The van der Waals surface area contributed by atoms with Crippen LogP contribution in [0.4, 0.5) is 14.5 Å². The molecule has 0 radical (unpaired) electrons. The van der Waals surface area contributed by atoms with Gasteiger partial charge in [0.15, 0.2) is 5.69 Å². The van der Waals surface area contributed by atoms with Gasteiger partial charge in [0.2, 0.25) is 0 Å². The SMILES string of the molecule is CC(C)N1CCC(NC(=O)c2n[nH]cc2NC(=O)c2c(F)cccc2F)CC1. The van der Waals surface area contributed by atoms with Gasteiger partial charge in [-0.25, -0.2) is 8.78 Å². The lowest BCUT2D eigenvalue weighted by molar-refractivity contribution is 0.0896. The Labute approximate surface area is 161 Å². The Hall–Kier alpha value is -2.81. The number of carbonyl (C=O) groups is 2. The molecule has 1 aromatic carbocycles. The van der Waals surface area contributed by atoms with E-state index < -0.39 is 29.0 Å². The first kappa shape index (κ1) is 19.9. The van der Waals surface area contributed by atoms with Gasteiger partial charge in [0, 0.05) is 31.4 Å². The molecule has 1 aromatic heterocycles. The minimum atomic E-state index is -0.990. The second-order valence-corrected chi connectivity index (χ2v) is 7.08. The van der Waals surface area contributed by atoms with Gasteiger partial charge in [-0.1, -0.05) is 6.07 Å². The molecule has 7 nitrogen and oxygen atoms in total. The number of aromatic amines is 1. The summed E-state index contributed by atoms with van der Waals surface area (Å²) >= 11 is 0. The van der Waals surface area contributed by atoms with Crippen molar-refractivity contribution in [3.8, 4) is 0 Å². The highest BCUT2D eigenvalue weighted by Gasteiger charge is 2.25. The predicted octanol–water partition coefficient (Wildman–Crippen LogP) is 2.54. The Bertz CT molecular complexity index is 840. The number of H-pyrrole nitrogens is 1.